The summed E-state index contributed by atoms with van der Waals surface area (Å²) in [6.07, 6.45) is 12.2. The lowest BCUT2D eigenvalue weighted by atomic mass is 9.45. The van der Waals surface area contributed by atoms with E-state index in [2.05, 4.69) is 40.7 Å². The lowest BCUT2D eigenvalue weighted by molar-refractivity contribution is -0.129. The van der Waals surface area contributed by atoms with Gasteiger partial charge in [-0.1, -0.05) is 52.7 Å². The van der Waals surface area contributed by atoms with E-state index in [1.807, 2.05) is 14.1 Å². The predicted molar refractivity (Wildman–Crippen MR) is 125 cm³/mol. The fraction of sp³-hybridized carbons (Fsp3) is 0.889. The zero-order valence-corrected chi connectivity index (χ0v) is 20.7. The standard InChI is InChI=1S/C27H47NO2/c1-8-23(18(2)9-12-25(30)28(6)7)26(4)16-14-24-22(19(26)3)11-10-20-17-21(29)13-15-27(20,24)5/h10,18-19,21-24,29H,8-9,11-17H2,1-7H3/t18-,19?,21+,22?,23?,24?,26+,27+/m1/s1. The van der Waals surface area contributed by atoms with Gasteiger partial charge in [0.15, 0.2) is 0 Å². The number of carbonyl (C=O) groups is 1. The van der Waals surface area contributed by atoms with Crippen molar-refractivity contribution in [3.05, 3.63) is 11.6 Å². The zero-order chi connectivity index (χ0) is 22.3. The maximum atomic E-state index is 12.2. The summed E-state index contributed by atoms with van der Waals surface area (Å²) >= 11 is 0. The molecule has 3 heteroatoms. The molecule has 4 unspecified atom stereocenters. The van der Waals surface area contributed by atoms with Crippen LogP contribution in [0.3, 0.4) is 0 Å². The summed E-state index contributed by atoms with van der Waals surface area (Å²) in [4.78, 5) is 13.9. The summed E-state index contributed by atoms with van der Waals surface area (Å²) in [5, 5.41) is 10.2. The zero-order valence-electron chi connectivity index (χ0n) is 20.7. The Morgan fingerprint density at radius 3 is 2.60 bits per heavy atom. The van der Waals surface area contributed by atoms with E-state index >= 15 is 0 Å². The van der Waals surface area contributed by atoms with Crippen molar-refractivity contribution in [1.29, 1.82) is 0 Å². The number of amides is 1. The number of carbonyl (C=O) groups excluding carboxylic acids is 1. The van der Waals surface area contributed by atoms with E-state index in [4.69, 9.17) is 0 Å². The Balaban J connectivity index is 1.77. The first kappa shape index (κ1) is 23.8. The summed E-state index contributed by atoms with van der Waals surface area (Å²) in [7, 11) is 3.73. The molecule has 172 valence electrons. The van der Waals surface area contributed by atoms with Crippen molar-refractivity contribution in [3.8, 4) is 0 Å². The van der Waals surface area contributed by atoms with E-state index in [-0.39, 0.29) is 12.0 Å². The highest BCUT2D eigenvalue weighted by Gasteiger charge is 2.55. The number of allylic oxidation sites excluding steroid dienone is 1. The van der Waals surface area contributed by atoms with Crippen LogP contribution in [-0.2, 0) is 4.79 Å². The molecule has 3 nitrogen and oxygen atoms in total. The summed E-state index contributed by atoms with van der Waals surface area (Å²) in [5.74, 6) is 3.76. The Morgan fingerprint density at radius 2 is 1.97 bits per heavy atom. The summed E-state index contributed by atoms with van der Waals surface area (Å²) < 4.78 is 0. The van der Waals surface area contributed by atoms with Gasteiger partial charge in [0.2, 0.25) is 5.91 Å². The molecule has 1 N–H and O–H groups in total. The van der Waals surface area contributed by atoms with Crippen LogP contribution in [0.5, 0.6) is 0 Å². The molecule has 2 saturated carbocycles. The minimum atomic E-state index is -0.123. The molecule has 0 aromatic carbocycles. The number of fused-ring (bicyclic) bond motifs is 3. The molecule has 0 bridgehead atoms. The largest absolute Gasteiger partial charge is 0.393 e. The van der Waals surface area contributed by atoms with Gasteiger partial charge in [-0.2, -0.15) is 0 Å². The molecule has 0 spiro atoms. The monoisotopic (exact) mass is 417 g/mol. The van der Waals surface area contributed by atoms with Gasteiger partial charge in [0.25, 0.3) is 0 Å². The Kier molecular flexibility index (Phi) is 7.12. The molecule has 0 aliphatic heterocycles. The average Bonchev–Trinajstić information content (AvgIpc) is 2.69. The molecular weight excluding hydrogens is 370 g/mol. The number of hydrogen-bond donors (Lipinski definition) is 1. The van der Waals surface area contributed by atoms with E-state index in [1.165, 1.54) is 25.7 Å². The van der Waals surface area contributed by atoms with Gasteiger partial charge in [0.05, 0.1) is 6.10 Å². The molecule has 2 fully saturated rings. The van der Waals surface area contributed by atoms with Crippen LogP contribution in [0.4, 0.5) is 0 Å². The third-order valence-electron chi connectivity index (χ3n) is 10.1. The average molecular weight is 418 g/mol. The van der Waals surface area contributed by atoms with Crippen LogP contribution in [0.2, 0.25) is 0 Å². The highest BCUT2D eigenvalue weighted by molar-refractivity contribution is 5.75. The molecule has 0 saturated heterocycles. The molecule has 30 heavy (non-hydrogen) atoms. The first-order chi connectivity index (χ1) is 14.0. The minimum absolute atomic E-state index is 0.123. The molecule has 3 rings (SSSR count). The van der Waals surface area contributed by atoms with Crippen LogP contribution in [-0.4, -0.2) is 36.1 Å². The lowest BCUT2D eigenvalue weighted by Gasteiger charge is -2.60. The maximum absolute atomic E-state index is 12.2. The normalized spacial score (nSPS) is 40.6. The second-order valence-corrected chi connectivity index (χ2v) is 11.7. The third kappa shape index (κ3) is 4.12. The highest BCUT2D eigenvalue weighted by Crippen LogP contribution is 2.63. The van der Waals surface area contributed by atoms with Gasteiger partial charge in [0, 0.05) is 20.5 Å². The van der Waals surface area contributed by atoms with Gasteiger partial charge in [-0.05, 0) is 85.4 Å². The Labute approximate surface area is 185 Å². The van der Waals surface area contributed by atoms with Crippen molar-refractivity contribution in [2.75, 3.05) is 14.1 Å². The quantitative estimate of drug-likeness (QED) is 0.533. The van der Waals surface area contributed by atoms with Gasteiger partial charge in [-0.15, -0.1) is 0 Å². The summed E-state index contributed by atoms with van der Waals surface area (Å²) in [6.45, 7) is 12.4. The molecule has 8 atom stereocenters. The first-order valence-corrected chi connectivity index (χ1v) is 12.6. The Bertz CT molecular complexity index is 655. The number of aliphatic hydroxyl groups is 1. The van der Waals surface area contributed by atoms with Crippen LogP contribution >= 0.6 is 0 Å². The topological polar surface area (TPSA) is 40.5 Å². The van der Waals surface area contributed by atoms with Crippen LogP contribution in [0, 0.1) is 40.4 Å². The van der Waals surface area contributed by atoms with Crippen LogP contribution in [0.25, 0.3) is 0 Å². The van der Waals surface area contributed by atoms with Crippen LogP contribution in [0.1, 0.15) is 92.4 Å². The van der Waals surface area contributed by atoms with E-state index in [0.717, 1.165) is 37.5 Å². The first-order valence-electron chi connectivity index (χ1n) is 12.6. The van der Waals surface area contributed by atoms with Crippen LogP contribution in [0.15, 0.2) is 11.6 Å². The van der Waals surface area contributed by atoms with Crippen molar-refractivity contribution in [2.45, 2.75) is 98.5 Å². The van der Waals surface area contributed by atoms with Crippen molar-refractivity contribution < 1.29 is 9.90 Å². The molecule has 1 amide bonds. The second-order valence-electron chi connectivity index (χ2n) is 11.7. The fourth-order valence-corrected chi connectivity index (χ4v) is 7.96. The van der Waals surface area contributed by atoms with E-state index in [0.29, 0.717) is 35.0 Å². The predicted octanol–water partition coefficient (Wildman–Crippen LogP) is 6.07. The van der Waals surface area contributed by atoms with E-state index < -0.39 is 0 Å². The fourth-order valence-electron chi connectivity index (χ4n) is 7.96. The molecule has 3 aliphatic carbocycles. The van der Waals surface area contributed by atoms with Crippen molar-refractivity contribution in [3.63, 3.8) is 0 Å². The highest BCUT2D eigenvalue weighted by atomic mass is 16.3. The molecule has 3 aliphatic rings. The number of aliphatic hydroxyl groups excluding tert-OH is 1. The third-order valence-corrected chi connectivity index (χ3v) is 10.1. The second kappa shape index (κ2) is 8.96. The van der Waals surface area contributed by atoms with E-state index in [1.54, 1.807) is 10.5 Å². The van der Waals surface area contributed by atoms with Crippen molar-refractivity contribution in [2.24, 2.45) is 40.4 Å². The molecular formula is C27H47NO2. The SMILES string of the molecule is CCC([C@H](C)CCC(=O)N(C)C)[C@@]1(C)CCC2C(CC=C3C[C@@H](O)CC[C@@]32C)C1C. The summed E-state index contributed by atoms with van der Waals surface area (Å²) in [6, 6.07) is 0. The lowest BCUT2D eigenvalue weighted by Crippen LogP contribution is -2.52. The van der Waals surface area contributed by atoms with Gasteiger partial charge in [-0.3, -0.25) is 4.79 Å². The number of hydrogen-bond acceptors (Lipinski definition) is 2. The number of nitrogens with zero attached hydrogens (tertiary/aromatic N) is 1. The van der Waals surface area contributed by atoms with Crippen molar-refractivity contribution in [1.82, 2.24) is 4.90 Å². The van der Waals surface area contributed by atoms with Crippen molar-refractivity contribution >= 4 is 5.91 Å². The van der Waals surface area contributed by atoms with Crippen LogP contribution < -0.4 is 0 Å². The molecule has 0 heterocycles. The maximum Gasteiger partial charge on any atom is 0.222 e. The van der Waals surface area contributed by atoms with E-state index in [9.17, 15) is 9.90 Å². The molecule has 0 radical (unpaired) electrons. The Morgan fingerprint density at radius 1 is 1.27 bits per heavy atom. The van der Waals surface area contributed by atoms with Gasteiger partial charge >= 0.3 is 0 Å². The molecule has 0 aromatic rings. The minimum Gasteiger partial charge on any atom is -0.393 e. The van der Waals surface area contributed by atoms with Gasteiger partial charge < -0.3 is 10.0 Å². The summed E-state index contributed by atoms with van der Waals surface area (Å²) in [5.41, 5.74) is 2.22. The van der Waals surface area contributed by atoms with Gasteiger partial charge in [-0.25, -0.2) is 0 Å². The number of rotatable bonds is 6. The Hall–Kier alpha value is -0.830. The molecule has 0 aromatic heterocycles. The van der Waals surface area contributed by atoms with Gasteiger partial charge in [0.1, 0.15) is 0 Å². The smallest absolute Gasteiger partial charge is 0.222 e.